The third-order valence-corrected chi connectivity index (χ3v) is 5.62. The van der Waals surface area contributed by atoms with Gasteiger partial charge in [0.05, 0.1) is 11.0 Å². The average Bonchev–Trinajstić information content (AvgIpc) is 3.15. The lowest BCUT2D eigenvalue weighted by Crippen LogP contribution is -2.34. The Bertz CT molecular complexity index is 782. The molecule has 25 heavy (non-hydrogen) atoms. The fourth-order valence-electron chi connectivity index (χ4n) is 4.10. The van der Waals surface area contributed by atoms with Crippen molar-refractivity contribution in [3.8, 4) is 0 Å². The number of benzene rings is 1. The van der Waals surface area contributed by atoms with Crippen LogP contribution in [-0.2, 0) is 11.2 Å². The van der Waals surface area contributed by atoms with Crippen LogP contribution in [0, 0.1) is 11.3 Å². The number of amides is 1. The molecular weight excluding hydrogens is 326 g/mol. The zero-order chi connectivity index (χ0) is 17.4. The summed E-state index contributed by atoms with van der Waals surface area (Å²) in [4.78, 5) is 16.7. The first kappa shape index (κ1) is 16.4. The maximum Gasteiger partial charge on any atom is 0.320 e. The van der Waals surface area contributed by atoms with E-state index in [1.54, 1.807) is 24.3 Å². The lowest BCUT2D eigenvalue weighted by atomic mass is 9.92. The number of piperidine rings is 1. The third-order valence-electron chi connectivity index (χ3n) is 5.62. The van der Waals surface area contributed by atoms with Crippen LogP contribution in [0.25, 0.3) is 11.0 Å². The van der Waals surface area contributed by atoms with Crippen molar-refractivity contribution in [1.82, 2.24) is 20.2 Å². The fourth-order valence-corrected chi connectivity index (χ4v) is 4.10. The summed E-state index contributed by atoms with van der Waals surface area (Å²) >= 11 is 0. The Hall–Kier alpha value is -2.02. The molecule has 0 radical (unpaired) electrons. The Balaban J connectivity index is 1.38. The van der Waals surface area contributed by atoms with Gasteiger partial charge in [-0.05, 0) is 49.9 Å². The van der Waals surface area contributed by atoms with Gasteiger partial charge in [-0.2, -0.15) is 8.78 Å². The van der Waals surface area contributed by atoms with Gasteiger partial charge in [0.15, 0.2) is 0 Å². The van der Waals surface area contributed by atoms with E-state index in [4.69, 9.17) is 0 Å². The molecule has 4 rings (SSSR count). The summed E-state index contributed by atoms with van der Waals surface area (Å²) in [6.07, 6.45) is 3.35. The number of hydrogen-bond donors (Lipinski definition) is 2. The number of carbonyl (C=O) groups excluding carboxylic acids is 1. The van der Waals surface area contributed by atoms with Crippen LogP contribution >= 0.6 is 0 Å². The minimum atomic E-state index is -2.64. The van der Waals surface area contributed by atoms with Crippen LogP contribution in [-0.4, -0.2) is 35.1 Å². The zero-order valence-electron chi connectivity index (χ0n) is 14.0. The number of fused-ring (bicyclic) bond motifs is 1. The Morgan fingerprint density at radius 3 is 2.88 bits per heavy atom. The monoisotopic (exact) mass is 348 g/mol. The van der Waals surface area contributed by atoms with E-state index in [0.29, 0.717) is 29.8 Å². The quantitative estimate of drug-likeness (QED) is 0.873. The van der Waals surface area contributed by atoms with Crippen molar-refractivity contribution < 1.29 is 13.6 Å². The smallest absolute Gasteiger partial charge is 0.320 e. The van der Waals surface area contributed by atoms with E-state index in [1.807, 2.05) is 0 Å². The van der Waals surface area contributed by atoms with Crippen LogP contribution in [0.5, 0.6) is 0 Å². The second-order valence-electron chi connectivity index (χ2n) is 7.07. The van der Waals surface area contributed by atoms with Crippen LogP contribution in [0.3, 0.4) is 0 Å². The van der Waals surface area contributed by atoms with E-state index in [9.17, 15) is 13.6 Å². The van der Waals surface area contributed by atoms with Crippen molar-refractivity contribution in [2.75, 3.05) is 19.6 Å². The number of imidazole rings is 1. The lowest BCUT2D eigenvalue weighted by molar-refractivity contribution is -0.123. The van der Waals surface area contributed by atoms with Crippen molar-refractivity contribution in [2.24, 2.45) is 11.3 Å². The Morgan fingerprint density at radius 1 is 1.36 bits per heavy atom. The molecule has 1 saturated heterocycles. The van der Waals surface area contributed by atoms with Gasteiger partial charge in [-0.25, -0.2) is 4.98 Å². The van der Waals surface area contributed by atoms with E-state index < -0.39 is 6.55 Å². The van der Waals surface area contributed by atoms with Crippen molar-refractivity contribution in [2.45, 2.75) is 32.2 Å². The highest BCUT2D eigenvalue weighted by Crippen LogP contribution is 2.58. The highest BCUT2D eigenvalue weighted by atomic mass is 19.3. The first-order chi connectivity index (χ1) is 12.1. The summed E-state index contributed by atoms with van der Waals surface area (Å²) in [6.45, 7) is -0.357. The summed E-state index contributed by atoms with van der Waals surface area (Å²) in [5.41, 5.74) is 1.17. The molecule has 2 aromatic rings. The summed E-state index contributed by atoms with van der Waals surface area (Å²) in [6, 6.07) is 6.87. The first-order valence-corrected chi connectivity index (χ1v) is 8.83. The number of carbonyl (C=O) groups is 1. The average molecular weight is 348 g/mol. The second kappa shape index (κ2) is 6.37. The van der Waals surface area contributed by atoms with Gasteiger partial charge < -0.3 is 10.6 Å². The van der Waals surface area contributed by atoms with Gasteiger partial charge in [-0.3, -0.25) is 9.36 Å². The van der Waals surface area contributed by atoms with Gasteiger partial charge in [0.2, 0.25) is 5.91 Å². The molecule has 5 nitrogen and oxygen atoms in total. The summed E-state index contributed by atoms with van der Waals surface area (Å²) < 4.78 is 27.7. The van der Waals surface area contributed by atoms with Crippen LogP contribution in [0.4, 0.5) is 8.78 Å². The fraction of sp³-hybridized carbons (Fsp3) is 0.556. The van der Waals surface area contributed by atoms with Gasteiger partial charge in [0, 0.05) is 18.9 Å². The molecule has 1 aromatic carbocycles. The molecule has 2 aliphatic rings. The molecule has 1 atom stereocenters. The number of para-hydroxylation sites is 2. The molecule has 2 heterocycles. The maximum absolute atomic E-state index is 13.4. The third kappa shape index (κ3) is 3.01. The maximum atomic E-state index is 13.4. The highest BCUT2D eigenvalue weighted by Gasteiger charge is 2.57. The lowest BCUT2D eigenvalue weighted by Gasteiger charge is -2.23. The molecule has 1 amide bonds. The molecule has 134 valence electrons. The van der Waals surface area contributed by atoms with Crippen molar-refractivity contribution in [3.05, 3.63) is 30.1 Å². The highest BCUT2D eigenvalue weighted by molar-refractivity contribution is 5.82. The predicted molar refractivity (Wildman–Crippen MR) is 90.3 cm³/mol. The summed E-state index contributed by atoms with van der Waals surface area (Å²) in [5.74, 6) is 0.453. The van der Waals surface area contributed by atoms with Crippen LogP contribution in [0.2, 0.25) is 0 Å². The number of halogens is 2. The molecule has 2 fully saturated rings. The molecule has 1 aliphatic heterocycles. The standard InChI is InChI=1S/C18H22F2N4O/c19-17(20)24-14-4-2-1-3-13(14)23-15(24)5-8-22-16(25)12-11-18(12)6-9-21-10-7-18/h1-4,12,17,21H,5-11H2,(H,22,25). The SMILES string of the molecule is O=C(NCCc1nc2ccccc2n1C(F)F)C1CC12CCNCC2. The van der Waals surface area contributed by atoms with E-state index in [1.165, 1.54) is 0 Å². The molecule has 1 saturated carbocycles. The largest absolute Gasteiger partial charge is 0.355 e. The molecule has 1 aliphatic carbocycles. The summed E-state index contributed by atoms with van der Waals surface area (Å²) in [5, 5.41) is 6.24. The first-order valence-electron chi connectivity index (χ1n) is 8.83. The van der Waals surface area contributed by atoms with Gasteiger partial charge in [-0.1, -0.05) is 12.1 Å². The number of nitrogens with one attached hydrogen (secondary N) is 2. The summed E-state index contributed by atoms with van der Waals surface area (Å²) in [7, 11) is 0. The number of alkyl halides is 2. The van der Waals surface area contributed by atoms with Crippen molar-refractivity contribution in [3.63, 3.8) is 0 Å². The molecule has 1 aromatic heterocycles. The molecule has 0 bridgehead atoms. The van der Waals surface area contributed by atoms with Gasteiger partial charge in [-0.15, -0.1) is 0 Å². The Labute approximate surface area is 144 Å². The minimum Gasteiger partial charge on any atom is -0.355 e. The molecule has 1 spiro atoms. The van der Waals surface area contributed by atoms with Crippen molar-refractivity contribution >= 4 is 16.9 Å². The van der Waals surface area contributed by atoms with E-state index >= 15 is 0 Å². The minimum absolute atomic E-state index is 0.0570. The van der Waals surface area contributed by atoms with E-state index in [-0.39, 0.29) is 17.2 Å². The second-order valence-corrected chi connectivity index (χ2v) is 7.07. The Morgan fingerprint density at radius 2 is 2.12 bits per heavy atom. The number of rotatable bonds is 5. The van der Waals surface area contributed by atoms with Gasteiger partial charge >= 0.3 is 6.55 Å². The van der Waals surface area contributed by atoms with Gasteiger partial charge in [0.1, 0.15) is 5.82 Å². The van der Waals surface area contributed by atoms with E-state index in [2.05, 4.69) is 15.6 Å². The molecule has 7 heteroatoms. The predicted octanol–water partition coefficient (Wildman–Crippen LogP) is 2.48. The molecular formula is C18H22F2N4O. The van der Waals surface area contributed by atoms with Crippen LogP contribution in [0.1, 0.15) is 31.6 Å². The number of nitrogens with zero attached hydrogens (tertiary/aromatic N) is 2. The Kier molecular flexibility index (Phi) is 4.19. The zero-order valence-corrected chi connectivity index (χ0v) is 14.0. The normalized spacial score (nSPS) is 21.8. The molecule has 1 unspecified atom stereocenters. The van der Waals surface area contributed by atoms with Crippen molar-refractivity contribution in [1.29, 1.82) is 0 Å². The molecule has 2 N–H and O–H groups in total. The topological polar surface area (TPSA) is 59.0 Å². The number of aromatic nitrogens is 2. The van der Waals surface area contributed by atoms with Crippen LogP contribution < -0.4 is 10.6 Å². The van der Waals surface area contributed by atoms with Gasteiger partial charge in [0.25, 0.3) is 0 Å². The van der Waals surface area contributed by atoms with Crippen LogP contribution in [0.15, 0.2) is 24.3 Å². The van der Waals surface area contributed by atoms with E-state index in [0.717, 1.165) is 36.9 Å². The number of hydrogen-bond acceptors (Lipinski definition) is 3.